The molecule has 0 aliphatic heterocycles. The lowest BCUT2D eigenvalue weighted by atomic mass is 10.2. The third-order valence-electron chi connectivity index (χ3n) is 3.35. The summed E-state index contributed by atoms with van der Waals surface area (Å²) in [5, 5.41) is 2.06. The SMILES string of the molecule is Cc1cc(C)nc(NNC(=O)c2ccccc2SCc2cccs2)n1. The molecule has 0 unspecified atom stereocenters. The predicted molar refractivity (Wildman–Crippen MR) is 103 cm³/mol. The minimum Gasteiger partial charge on any atom is -0.267 e. The van der Waals surface area contributed by atoms with Gasteiger partial charge in [-0.2, -0.15) is 0 Å². The summed E-state index contributed by atoms with van der Waals surface area (Å²) in [7, 11) is 0. The Bertz CT molecular complexity index is 845. The Kier molecular flexibility index (Phi) is 5.67. The van der Waals surface area contributed by atoms with Crippen molar-refractivity contribution in [2.75, 3.05) is 5.43 Å². The molecule has 2 heterocycles. The maximum Gasteiger partial charge on any atom is 0.270 e. The van der Waals surface area contributed by atoms with Gasteiger partial charge in [0, 0.05) is 26.9 Å². The highest BCUT2D eigenvalue weighted by molar-refractivity contribution is 7.98. The summed E-state index contributed by atoms with van der Waals surface area (Å²) >= 11 is 3.37. The summed E-state index contributed by atoms with van der Waals surface area (Å²) in [5.41, 5.74) is 7.78. The second kappa shape index (κ2) is 8.13. The molecule has 0 fully saturated rings. The molecule has 1 aromatic carbocycles. The molecule has 0 bridgehead atoms. The fourth-order valence-electron chi connectivity index (χ4n) is 2.29. The van der Waals surface area contributed by atoms with Gasteiger partial charge in [-0.15, -0.1) is 23.1 Å². The number of carbonyl (C=O) groups excluding carboxylic acids is 1. The molecule has 5 nitrogen and oxygen atoms in total. The van der Waals surface area contributed by atoms with Crippen LogP contribution in [0.4, 0.5) is 5.95 Å². The van der Waals surface area contributed by atoms with Crippen molar-refractivity contribution in [3.05, 3.63) is 69.7 Å². The number of anilines is 1. The van der Waals surface area contributed by atoms with Crippen LogP contribution in [-0.4, -0.2) is 15.9 Å². The normalized spacial score (nSPS) is 10.5. The molecular weight excluding hydrogens is 352 g/mol. The first kappa shape index (κ1) is 17.4. The standard InChI is InChI=1S/C18H18N4OS2/c1-12-10-13(2)20-18(19-12)22-21-17(23)15-7-3-4-8-16(15)25-11-14-6-5-9-24-14/h3-10H,11H2,1-2H3,(H,21,23)(H,19,20,22). The van der Waals surface area contributed by atoms with E-state index < -0.39 is 0 Å². The Labute approximate surface area is 154 Å². The molecule has 0 spiro atoms. The van der Waals surface area contributed by atoms with Crippen molar-refractivity contribution in [3.8, 4) is 0 Å². The number of nitrogens with one attached hydrogen (secondary N) is 2. The molecule has 7 heteroatoms. The molecule has 1 amide bonds. The Balaban J connectivity index is 1.67. The average Bonchev–Trinajstić information content (AvgIpc) is 3.11. The zero-order valence-electron chi connectivity index (χ0n) is 13.9. The van der Waals surface area contributed by atoms with Crippen LogP contribution in [-0.2, 0) is 5.75 Å². The van der Waals surface area contributed by atoms with Gasteiger partial charge < -0.3 is 0 Å². The van der Waals surface area contributed by atoms with Gasteiger partial charge in [-0.1, -0.05) is 18.2 Å². The van der Waals surface area contributed by atoms with Crippen LogP contribution in [0, 0.1) is 13.8 Å². The maximum atomic E-state index is 12.5. The fourth-order valence-corrected chi connectivity index (χ4v) is 4.11. The minimum atomic E-state index is -0.211. The molecule has 128 valence electrons. The average molecular weight is 371 g/mol. The Hall–Kier alpha value is -2.38. The highest BCUT2D eigenvalue weighted by Crippen LogP contribution is 2.27. The van der Waals surface area contributed by atoms with Gasteiger partial charge >= 0.3 is 0 Å². The maximum absolute atomic E-state index is 12.5. The molecular formula is C18H18N4OS2. The number of hydrazine groups is 1. The summed E-state index contributed by atoms with van der Waals surface area (Å²) < 4.78 is 0. The third kappa shape index (κ3) is 4.80. The molecule has 2 N–H and O–H groups in total. The lowest BCUT2D eigenvalue weighted by Gasteiger charge is -2.11. The lowest BCUT2D eigenvalue weighted by molar-refractivity contribution is 0.0959. The molecule has 0 atom stereocenters. The molecule has 0 aliphatic carbocycles. The number of aromatic nitrogens is 2. The van der Waals surface area contributed by atoms with E-state index in [9.17, 15) is 4.79 Å². The molecule has 25 heavy (non-hydrogen) atoms. The largest absolute Gasteiger partial charge is 0.270 e. The van der Waals surface area contributed by atoms with Crippen LogP contribution in [0.1, 0.15) is 26.6 Å². The zero-order valence-corrected chi connectivity index (χ0v) is 15.6. The second-order valence-corrected chi connectivity index (χ2v) is 7.47. The zero-order chi connectivity index (χ0) is 17.6. The van der Waals surface area contributed by atoms with Crippen molar-refractivity contribution < 1.29 is 4.79 Å². The Morgan fingerprint density at radius 1 is 1.12 bits per heavy atom. The first-order chi connectivity index (χ1) is 12.1. The van der Waals surface area contributed by atoms with Crippen LogP contribution in [0.3, 0.4) is 0 Å². The number of benzene rings is 1. The number of thiophene rings is 1. The Morgan fingerprint density at radius 3 is 2.60 bits per heavy atom. The van der Waals surface area contributed by atoms with Crippen LogP contribution in [0.15, 0.2) is 52.7 Å². The molecule has 0 saturated heterocycles. The molecule has 0 saturated carbocycles. The Morgan fingerprint density at radius 2 is 1.88 bits per heavy atom. The highest BCUT2D eigenvalue weighted by Gasteiger charge is 2.12. The van der Waals surface area contributed by atoms with Crippen LogP contribution < -0.4 is 10.9 Å². The van der Waals surface area contributed by atoms with E-state index in [1.165, 1.54) is 4.88 Å². The summed E-state index contributed by atoms with van der Waals surface area (Å²) in [4.78, 5) is 23.3. The monoisotopic (exact) mass is 370 g/mol. The quantitative estimate of drug-likeness (QED) is 0.503. The van der Waals surface area contributed by atoms with Gasteiger partial charge in [-0.3, -0.25) is 15.6 Å². The van der Waals surface area contributed by atoms with Crippen molar-refractivity contribution in [1.29, 1.82) is 0 Å². The predicted octanol–water partition coefficient (Wildman–Crippen LogP) is 4.20. The van der Waals surface area contributed by atoms with E-state index in [1.807, 2.05) is 50.2 Å². The van der Waals surface area contributed by atoms with E-state index in [0.717, 1.165) is 22.0 Å². The van der Waals surface area contributed by atoms with Gasteiger partial charge in [0.15, 0.2) is 0 Å². The van der Waals surface area contributed by atoms with Crippen molar-refractivity contribution >= 4 is 35.0 Å². The van der Waals surface area contributed by atoms with E-state index in [1.54, 1.807) is 23.1 Å². The van der Waals surface area contributed by atoms with E-state index in [-0.39, 0.29) is 5.91 Å². The smallest absolute Gasteiger partial charge is 0.267 e. The van der Waals surface area contributed by atoms with Gasteiger partial charge in [0.25, 0.3) is 5.91 Å². The van der Waals surface area contributed by atoms with Gasteiger partial charge in [-0.25, -0.2) is 9.97 Å². The second-order valence-electron chi connectivity index (χ2n) is 5.42. The first-order valence-corrected chi connectivity index (χ1v) is 9.61. The minimum absolute atomic E-state index is 0.211. The van der Waals surface area contributed by atoms with Crippen molar-refractivity contribution in [3.63, 3.8) is 0 Å². The van der Waals surface area contributed by atoms with Crippen molar-refractivity contribution in [2.45, 2.75) is 24.5 Å². The number of nitrogens with zero attached hydrogens (tertiary/aromatic N) is 2. The van der Waals surface area contributed by atoms with E-state index in [4.69, 9.17) is 0 Å². The van der Waals surface area contributed by atoms with Gasteiger partial charge in [0.2, 0.25) is 5.95 Å². The number of aryl methyl sites for hydroxylation is 2. The fraction of sp³-hybridized carbons (Fsp3) is 0.167. The van der Waals surface area contributed by atoms with Gasteiger partial charge in [0.1, 0.15) is 0 Å². The summed E-state index contributed by atoms with van der Waals surface area (Å²) in [6.07, 6.45) is 0. The van der Waals surface area contributed by atoms with Crippen molar-refractivity contribution in [1.82, 2.24) is 15.4 Å². The number of thioether (sulfide) groups is 1. The van der Waals surface area contributed by atoms with Crippen LogP contribution >= 0.6 is 23.1 Å². The van der Waals surface area contributed by atoms with E-state index >= 15 is 0 Å². The van der Waals surface area contributed by atoms with Crippen LogP contribution in [0.2, 0.25) is 0 Å². The van der Waals surface area contributed by atoms with E-state index in [2.05, 4.69) is 32.3 Å². The van der Waals surface area contributed by atoms with E-state index in [0.29, 0.717) is 11.5 Å². The van der Waals surface area contributed by atoms with Crippen LogP contribution in [0.5, 0.6) is 0 Å². The first-order valence-electron chi connectivity index (χ1n) is 7.74. The molecule has 3 rings (SSSR count). The summed E-state index contributed by atoms with van der Waals surface area (Å²) in [5.74, 6) is 1.02. The molecule has 2 aromatic heterocycles. The van der Waals surface area contributed by atoms with Crippen molar-refractivity contribution in [2.24, 2.45) is 0 Å². The van der Waals surface area contributed by atoms with Gasteiger partial charge in [-0.05, 0) is 43.5 Å². The summed E-state index contributed by atoms with van der Waals surface area (Å²) in [6, 6.07) is 13.6. The topological polar surface area (TPSA) is 66.9 Å². The van der Waals surface area contributed by atoms with Crippen LogP contribution in [0.25, 0.3) is 0 Å². The lowest BCUT2D eigenvalue weighted by Crippen LogP contribution is -2.30. The highest BCUT2D eigenvalue weighted by atomic mass is 32.2. The summed E-state index contributed by atoms with van der Waals surface area (Å²) in [6.45, 7) is 3.77. The number of carbonyl (C=O) groups is 1. The number of amides is 1. The molecule has 3 aromatic rings. The molecule has 0 aliphatic rings. The third-order valence-corrected chi connectivity index (χ3v) is 5.53. The van der Waals surface area contributed by atoms with Gasteiger partial charge in [0.05, 0.1) is 5.56 Å². The number of rotatable bonds is 6. The molecule has 0 radical (unpaired) electrons. The number of hydrogen-bond donors (Lipinski definition) is 2. The number of hydrogen-bond acceptors (Lipinski definition) is 6.